The molecule has 0 bridgehead atoms. The first kappa shape index (κ1) is 12.0. The molecule has 0 aromatic heterocycles. The maximum Gasteiger partial charge on any atom is 0.0280 e. The van der Waals surface area contributed by atoms with Crippen LogP contribution in [0.1, 0.15) is 40.0 Å². The fraction of sp³-hybridized carbons (Fsp3) is 1.00. The van der Waals surface area contributed by atoms with Gasteiger partial charge in [-0.25, -0.2) is 0 Å². The lowest BCUT2D eigenvalue weighted by Gasteiger charge is -2.38. The Labute approximate surface area is 89.1 Å². The summed E-state index contributed by atoms with van der Waals surface area (Å²) >= 11 is 0. The van der Waals surface area contributed by atoms with Gasteiger partial charge in [0.1, 0.15) is 0 Å². The fourth-order valence-electron chi connectivity index (χ4n) is 2.54. The summed E-state index contributed by atoms with van der Waals surface area (Å²) in [6.07, 6.45) is 4.07. The first-order chi connectivity index (χ1) is 6.52. The van der Waals surface area contributed by atoms with E-state index < -0.39 is 0 Å². The van der Waals surface area contributed by atoms with Gasteiger partial charge in [0, 0.05) is 18.6 Å². The molecule has 1 aliphatic heterocycles. The maximum atomic E-state index is 3.66. The molecular weight excluding hydrogens is 172 g/mol. The quantitative estimate of drug-likeness (QED) is 0.744. The van der Waals surface area contributed by atoms with Gasteiger partial charge in [0.2, 0.25) is 0 Å². The Morgan fingerprint density at radius 2 is 2.07 bits per heavy atom. The summed E-state index contributed by atoms with van der Waals surface area (Å²) in [6, 6.07) is 0. The monoisotopic (exact) mass is 198 g/mol. The van der Waals surface area contributed by atoms with E-state index in [9.17, 15) is 0 Å². The van der Waals surface area contributed by atoms with E-state index in [2.05, 4.69) is 38.0 Å². The highest BCUT2D eigenvalue weighted by molar-refractivity contribution is 4.88. The largest absolute Gasteiger partial charge is 0.310 e. The standard InChI is InChI=1S/C12H26N2/c1-11(2)9-14(4)10-12(3)7-5-6-8-13-12/h11,13H,5-10H2,1-4H3. The highest BCUT2D eigenvalue weighted by Crippen LogP contribution is 2.19. The predicted octanol–water partition coefficient (Wildman–Crippen LogP) is 2.11. The van der Waals surface area contributed by atoms with Crippen molar-refractivity contribution in [1.29, 1.82) is 0 Å². The van der Waals surface area contributed by atoms with Crippen LogP contribution in [0, 0.1) is 5.92 Å². The molecule has 0 radical (unpaired) electrons. The molecule has 84 valence electrons. The molecule has 1 rings (SSSR count). The third-order valence-electron chi connectivity index (χ3n) is 3.00. The van der Waals surface area contributed by atoms with E-state index in [1.165, 1.54) is 38.9 Å². The summed E-state index contributed by atoms with van der Waals surface area (Å²) in [7, 11) is 2.24. The molecule has 1 heterocycles. The zero-order valence-corrected chi connectivity index (χ0v) is 10.3. The Morgan fingerprint density at radius 1 is 1.36 bits per heavy atom. The highest BCUT2D eigenvalue weighted by atomic mass is 15.1. The summed E-state index contributed by atoms with van der Waals surface area (Å²) in [4.78, 5) is 2.46. The van der Waals surface area contributed by atoms with Gasteiger partial charge in [-0.15, -0.1) is 0 Å². The average molecular weight is 198 g/mol. The van der Waals surface area contributed by atoms with Crippen molar-refractivity contribution in [3.8, 4) is 0 Å². The molecule has 0 aromatic rings. The van der Waals surface area contributed by atoms with Gasteiger partial charge in [0.05, 0.1) is 0 Å². The molecule has 2 heteroatoms. The third-order valence-corrected chi connectivity index (χ3v) is 3.00. The number of nitrogens with one attached hydrogen (secondary N) is 1. The molecule has 0 aromatic carbocycles. The van der Waals surface area contributed by atoms with Gasteiger partial charge in [-0.1, -0.05) is 20.3 Å². The molecule has 1 saturated heterocycles. The van der Waals surface area contributed by atoms with Crippen LogP contribution < -0.4 is 5.32 Å². The number of likely N-dealkylation sites (N-methyl/N-ethyl adjacent to an activating group) is 1. The molecule has 1 fully saturated rings. The molecule has 1 aliphatic rings. The lowest BCUT2D eigenvalue weighted by Crippen LogP contribution is -2.53. The second-order valence-electron chi connectivity index (χ2n) is 5.54. The second-order valence-corrected chi connectivity index (χ2v) is 5.54. The first-order valence-corrected chi connectivity index (χ1v) is 5.95. The predicted molar refractivity (Wildman–Crippen MR) is 62.6 cm³/mol. The summed E-state index contributed by atoms with van der Waals surface area (Å²) in [5.74, 6) is 0.771. The number of hydrogen-bond donors (Lipinski definition) is 1. The molecule has 1 N–H and O–H groups in total. The van der Waals surface area contributed by atoms with Crippen LogP contribution in [0.15, 0.2) is 0 Å². The van der Waals surface area contributed by atoms with E-state index in [0.717, 1.165) is 5.92 Å². The van der Waals surface area contributed by atoms with Crippen LogP contribution in [0.4, 0.5) is 0 Å². The van der Waals surface area contributed by atoms with Crippen molar-refractivity contribution < 1.29 is 0 Å². The summed E-state index contributed by atoms with van der Waals surface area (Å²) in [6.45, 7) is 10.5. The van der Waals surface area contributed by atoms with Gasteiger partial charge in [-0.05, 0) is 39.3 Å². The van der Waals surface area contributed by atoms with E-state index in [1.807, 2.05) is 0 Å². The molecule has 14 heavy (non-hydrogen) atoms. The smallest absolute Gasteiger partial charge is 0.0280 e. The van der Waals surface area contributed by atoms with Crippen LogP contribution in [0.2, 0.25) is 0 Å². The Morgan fingerprint density at radius 3 is 2.57 bits per heavy atom. The average Bonchev–Trinajstić information content (AvgIpc) is 2.02. The van der Waals surface area contributed by atoms with Crippen molar-refractivity contribution in [2.45, 2.75) is 45.6 Å². The van der Waals surface area contributed by atoms with E-state index in [4.69, 9.17) is 0 Å². The number of hydrogen-bond acceptors (Lipinski definition) is 2. The molecular formula is C12H26N2. The topological polar surface area (TPSA) is 15.3 Å². The van der Waals surface area contributed by atoms with Gasteiger partial charge in [-0.3, -0.25) is 0 Å². The van der Waals surface area contributed by atoms with Crippen molar-refractivity contribution in [3.63, 3.8) is 0 Å². The Hall–Kier alpha value is -0.0800. The fourth-order valence-corrected chi connectivity index (χ4v) is 2.54. The molecule has 1 unspecified atom stereocenters. The zero-order valence-electron chi connectivity index (χ0n) is 10.3. The van der Waals surface area contributed by atoms with E-state index in [0.29, 0.717) is 5.54 Å². The van der Waals surface area contributed by atoms with Crippen LogP contribution in [-0.4, -0.2) is 37.1 Å². The molecule has 0 saturated carbocycles. The summed E-state index contributed by atoms with van der Waals surface area (Å²) < 4.78 is 0. The minimum Gasteiger partial charge on any atom is -0.310 e. The minimum atomic E-state index is 0.363. The molecule has 0 spiro atoms. The molecule has 2 nitrogen and oxygen atoms in total. The highest BCUT2D eigenvalue weighted by Gasteiger charge is 2.27. The number of rotatable bonds is 4. The number of piperidine rings is 1. The second kappa shape index (κ2) is 5.13. The van der Waals surface area contributed by atoms with Crippen molar-refractivity contribution >= 4 is 0 Å². The van der Waals surface area contributed by atoms with Gasteiger partial charge >= 0.3 is 0 Å². The van der Waals surface area contributed by atoms with Crippen LogP contribution >= 0.6 is 0 Å². The SMILES string of the molecule is CC(C)CN(C)CC1(C)CCCCN1. The van der Waals surface area contributed by atoms with Crippen molar-refractivity contribution in [2.75, 3.05) is 26.7 Å². The van der Waals surface area contributed by atoms with Gasteiger partial charge in [0.25, 0.3) is 0 Å². The zero-order chi connectivity index (χ0) is 10.6. The lowest BCUT2D eigenvalue weighted by molar-refractivity contribution is 0.176. The van der Waals surface area contributed by atoms with Crippen LogP contribution in [-0.2, 0) is 0 Å². The molecule has 0 amide bonds. The van der Waals surface area contributed by atoms with E-state index >= 15 is 0 Å². The van der Waals surface area contributed by atoms with Gasteiger partial charge < -0.3 is 10.2 Å². The Kier molecular flexibility index (Phi) is 4.39. The van der Waals surface area contributed by atoms with Crippen LogP contribution in [0.3, 0.4) is 0 Å². The minimum absolute atomic E-state index is 0.363. The summed E-state index contributed by atoms with van der Waals surface area (Å²) in [5, 5.41) is 3.66. The Balaban J connectivity index is 2.33. The summed E-state index contributed by atoms with van der Waals surface area (Å²) in [5.41, 5.74) is 0.363. The maximum absolute atomic E-state index is 3.66. The third kappa shape index (κ3) is 3.97. The lowest BCUT2D eigenvalue weighted by atomic mass is 9.90. The first-order valence-electron chi connectivity index (χ1n) is 5.95. The van der Waals surface area contributed by atoms with Crippen molar-refractivity contribution in [3.05, 3.63) is 0 Å². The molecule has 0 aliphatic carbocycles. The normalized spacial score (nSPS) is 28.7. The number of nitrogens with zero attached hydrogens (tertiary/aromatic N) is 1. The Bertz CT molecular complexity index is 160. The molecule has 1 atom stereocenters. The van der Waals surface area contributed by atoms with Crippen molar-refractivity contribution in [2.24, 2.45) is 5.92 Å². The van der Waals surface area contributed by atoms with Crippen LogP contribution in [0.5, 0.6) is 0 Å². The van der Waals surface area contributed by atoms with E-state index in [-0.39, 0.29) is 0 Å². The van der Waals surface area contributed by atoms with E-state index in [1.54, 1.807) is 0 Å². The van der Waals surface area contributed by atoms with Crippen molar-refractivity contribution in [1.82, 2.24) is 10.2 Å². The van der Waals surface area contributed by atoms with Gasteiger partial charge in [-0.2, -0.15) is 0 Å². The van der Waals surface area contributed by atoms with Crippen LogP contribution in [0.25, 0.3) is 0 Å². The van der Waals surface area contributed by atoms with Gasteiger partial charge in [0.15, 0.2) is 0 Å².